The second kappa shape index (κ2) is 9.87. The predicted octanol–water partition coefficient (Wildman–Crippen LogP) is 5.48. The SMILES string of the molecule is Cc1ccc(NC(=O)COc2ccc3ccccc3c2CNc2ccc(C(=O)O)cc2)cc1. The number of amides is 1. The number of ether oxygens (including phenoxy) is 1. The minimum Gasteiger partial charge on any atom is -0.483 e. The molecule has 0 heterocycles. The maximum absolute atomic E-state index is 12.4. The lowest BCUT2D eigenvalue weighted by Crippen LogP contribution is -2.20. The van der Waals surface area contributed by atoms with Crippen LogP contribution in [0.15, 0.2) is 84.9 Å². The quantitative estimate of drug-likeness (QED) is 0.338. The lowest BCUT2D eigenvalue weighted by molar-refractivity contribution is -0.118. The number of benzene rings is 4. The number of carboxylic acid groups (broad SMARTS) is 1. The molecule has 0 bridgehead atoms. The van der Waals surface area contributed by atoms with Crippen LogP contribution in [0.25, 0.3) is 10.8 Å². The number of carbonyl (C=O) groups is 2. The lowest BCUT2D eigenvalue weighted by atomic mass is 10.0. The molecule has 0 aliphatic rings. The van der Waals surface area contributed by atoms with E-state index in [4.69, 9.17) is 9.84 Å². The maximum atomic E-state index is 12.4. The van der Waals surface area contributed by atoms with Gasteiger partial charge in [0.2, 0.25) is 0 Å². The van der Waals surface area contributed by atoms with E-state index in [1.807, 2.05) is 67.6 Å². The van der Waals surface area contributed by atoms with Crippen LogP contribution in [0.1, 0.15) is 21.5 Å². The van der Waals surface area contributed by atoms with Gasteiger partial charge in [-0.05, 0) is 60.2 Å². The van der Waals surface area contributed by atoms with Crippen LogP contribution >= 0.6 is 0 Å². The first-order chi connectivity index (χ1) is 16.0. The van der Waals surface area contributed by atoms with Gasteiger partial charge in [-0.25, -0.2) is 4.79 Å². The zero-order valence-electron chi connectivity index (χ0n) is 18.2. The molecule has 6 nitrogen and oxygen atoms in total. The van der Waals surface area contributed by atoms with Crippen LogP contribution in [0.4, 0.5) is 11.4 Å². The van der Waals surface area contributed by atoms with Crippen molar-refractivity contribution < 1.29 is 19.4 Å². The highest BCUT2D eigenvalue weighted by atomic mass is 16.5. The second-order valence-corrected chi connectivity index (χ2v) is 7.70. The molecular formula is C27H24N2O4. The monoisotopic (exact) mass is 440 g/mol. The van der Waals surface area contributed by atoms with Crippen molar-refractivity contribution in [2.45, 2.75) is 13.5 Å². The van der Waals surface area contributed by atoms with Crippen molar-refractivity contribution in [1.82, 2.24) is 0 Å². The highest BCUT2D eigenvalue weighted by molar-refractivity contribution is 5.92. The number of anilines is 2. The largest absolute Gasteiger partial charge is 0.483 e. The van der Waals surface area contributed by atoms with Crippen LogP contribution in [0.3, 0.4) is 0 Å². The molecule has 0 fully saturated rings. The van der Waals surface area contributed by atoms with Gasteiger partial charge in [-0.1, -0.05) is 48.0 Å². The van der Waals surface area contributed by atoms with E-state index in [1.165, 1.54) is 0 Å². The van der Waals surface area contributed by atoms with Crippen molar-refractivity contribution in [2.24, 2.45) is 0 Å². The minimum atomic E-state index is -0.963. The van der Waals surface area contributed by atoms with Gasteiger partial charge < -0.3 is 20.5 Å². The summed E-state index contributed by atoms with van der Waals surface area (Å²) in [6.45, 7) is 2.32. The van der Waals surface area contributed by atoms with Gasteiger partial charge in [-0.15, -0.1) is 0 Å². The van der Waals surface area contributed by atoms with Gasteiger partial charge in [-0.3, -0.25) is 4.79 Å². The molecule has 0 spiro atoms. The molecule has 0 radical (unpaired) electrons. The van der Waals surface area contributed by atoms with Crippen LogP contribution in [0, 0.1) is 6.92 Å². The van der Waals surface area contributed by atoms with Gasteiger partial charge in [0.15, 0.2) is 6.61 Å². The molecule has 1 amide bonds. The van der Waals surface area contributed by atoms with Crippen molar-refractivity contribution in [3.05, 3.63) is 102 Å². The van der Waals surface area contributed by atoms with Crippen LogP contribution in [0.2, 0.25) is 0 Å². The Bertz CT molecular complexity index is 1280. The van der Waals surface area contributed by atoms with E-state index in [-0.39, 0.29) is 18.1 Å². The predicted molar refractivity (Wildman–Crippen MR) is 130 cm³/mol. The van der Waals surface area contributed by atoms with Gasteiger partial charge in [0.25, 0.3) is 5.91 Å². The first-order valence-corrected chi connectivity index (χ1v) is 10.6. The molecule has 0 saturated carbocycles. The van der Waals surface area contributed by atoms with E-state index >= 15 is 0 Å². The standard InChI is InChI=1S/C27H24N2O4/c1-18-6-11-22(12-7-18)29-26(30)17-33-25-15-10-19-4-2-3-5-23(19)24(25)16-28-21-13-8-20(9-14-21)27(31)32/h2-15,28H,16-17H2,1H3,(H,29,30)(H,31,32). The third kappa shape index (κ3) is 5.49. The fourth-order valence-corrected chi connectivity index (χ4v) is 3.53. The van der Waals surface area contributed by atoms with Gasteiger partial charge in [0.1, 0.15) is 5.75 Å². The Hall–Kier alpha value is -4.32. The average Bonchev–Trinajstić information content (AvgIpc) is 2.83. The zero-order chi connectivity index (χ0) is 23.2. The third-order valence-electron chi connectivity index (χ3n) is 5.29. The second-order valence-electron chi connectivity index (χ2n) is 7.70. The summed E-state index contributed by atoms with van der Waals surface area (Å²) in [6, 6.07) is 25.9. The molecule has 0 unspecified atom stereocenters. The zero-order valence-corrected chi connectivity index (χ0v) is 18.2. The number of fused-ring (bicyclic) bond motifs is 1. The number of hydrogen-bond acceptors (Lipinski definition) is 4. The fourth-order valence-electron chi connectivity index (χ4n) is 3.53. The lowest BCUT2D eigenvalue weighted by Gasteiger charge is -2.16. The first-order valence-electron chi connectivity index (χ1n) is 10.6. The van der Waals surface area contributed by atoms with Crippen molar-refractivity contribution >= 4 is 34.0 Å². The molecule has 0 atom stereocenters. The third-order valence-corrected chi connectivity index (χ3v) is 5.29. The number of aryl methyl sites for hydroxylation is 1. The van der Waals surface area contributed by atoms with Crippen molar-refractivity contribution in [1.29, 1.82) is 0 Å². The summed E-state index contributed by atoms with van der Waals surface area (Å²) >= 11 is 0. The molecule has 166 valence electrons. The van der Waals surface area contributed by atoms with Gasteiger partial charge in [0.05, 0.1) is 5.56 Å². The van der Waals surface area contributed by atoms with Crippen LogP contribution < -0.4 is 15.4 Å². The Labute approximate surface area is 191 Å². The molecule has 3 N–H and O–H groups in total. The molecule has 4 aromatic rings. The number of rotatable bonds is 8. The summed E-state index contributed by atoms with van der Waals surface area (Å²) in [4.78, 5) is 23.5. The highest BCUT2D eigenvalue weighted by Gasteiger charge is 2.12. The molecule has 0 saturated heterocycles. The molecule has 0 aliphatic carbocycles. The average molecular weight is 440 g/mol. The molecule has 0 aromatic heterocycles. The first kappa shape index (κ1) is 21.9. The summed E-state index contributed by atoms with van der Waals surface area (Å²) in [7, 11) is 0. The van der Waals surface area contributed by atoms with E-state index in [0.29, 0.717) is 12.3 Å². The Morgan fingerprint density at radius 2 is 1.55 bits per heavy atom. The fraction of sp³-hybridized carbons (Fsp3) is 0.111. The van der Waals surface area contributed by atoms with Crippen LogP contribution in [0.5, 0.6) is 5.75 Å². The normalized spacial score (nSPS) is 10.6. The molecule has 6 heteroatoms. The minimum absolute atomic E-state index is 0.119. The van der Waals surface area contributed by atoms with E-state index in [9.17, 15) is 9.59 Å². The Balaban J connectivity index is 1.50. The van der Waals surface area contributed by atoms with Gasteiger partial charge in [-0.2, -0.15) is 0 Å². The number of aromatic carboxylic acids is 1. The van der Waals surface area contributed by atoms with E-state index in [2.05, 4.69) is 10.6 Å². The number of carbonyl (C=O) groups excluding carboxylic acids is 1. The summed E-state index contributed by atoms with van der Waals surface area (Å²) < 4.78 is 5.91. The van der Waals surface area contributed by atoms with Crippen LogP contribution in [-0.4, -0.2) is 23.6 Å². The van der Waals surface area contributed by atoms with Gasteiger partial charge >= 0.3 is 5.97 Å². The molecular weight excluding hydrogens is 416 g/mol. The van der Waals surface area contributed by atoms with Crippen molar-refractivity contribution in [3.8, 4) is 5.75 Å². The number of nitrogens with one attached hydrogen (secondary N) is 2. The summed E-state index contributed by atoms with van der Waals surface area (Å²) in [5.41, 5.74) is 3.78. The van der Waals surface area contributed by atoms with E-state index < -0.39 is 5.97 Å². The Morgan fingerprint density at radius 1 is 0.848 bits per heavy atom. The number of carboxylic acids is 1. The smallest absolute Gasteiger partial charge is 0.335 e. The van der Waals surface area contributed by atoms with E-state index in [1.54, 1.807) is 24.3 Å². The van der Waals surface area contributed by atoms with E-state index in [0.717, 1.165) is 33.3 Å². The summed E-state index contributed by atoms with van der Waals surface area (Å²) in [5.74, 6) is -0.590. The molecule has 0 aliphatic heterocycles. The maximum Gasteiger partial charge on any atom is 0.335 e. The number of hydrogen-bond donors (Lipinski definition) is 3. The molecule has 4 rings (SSSR count). The molecule has 4 aromatic carbocycles. The highest BCUT2D eigenvalue weighted by Crippen LogP contribution is 2.29. The summed E-state index contributed by atoms with van der Waals surface area (Å²) in [6.07, 6.45) is 0. The molecule has 33 heavy (non-hydrogen) atoms. The van der Waals surface area contributed by atoms with Crippen molar-refractivity contribution in [2.75, 3.05) is 17.2 Å². The Kier molecular flexibility index (Phi) is 6.55. The Morgan fingerprint density at radius 3 is 2.27 bits per heavy atom. The summed E-state index contributed by atoms with van der Waals surface area (Å²) in [5, 5.41) is 17.3. The van der Waals surface area contributed by atoms with Gasteiger partial charge in [0, 0.05) is 23.5 Å². The topological polar surface area (TPSA) is 87.7 Å². The van der Waals surface area contributed by atoms with Crippen LogP contribution in [-0.2, 0) is 11.3 Å². The van der Waals surface area contributed by atoms with Crippen molar-refractivity contribution in [3.63, 3.8) is 0 Å².